The molecule has 1 aliphatic carbocycles. The van der Waals surface area contributed by atoms with Crippen LogP contribution in [0.5, 0.6) is 11.5 Å². The van der Waals surface area contributed by atoms with Crippen LogP contribution in [0.25, 0.3) is 0 Å². The predicted molar refractivity (Wildman–Crippen MR) is 108 cm³/mol. The highest BCUT2D eigenvalue weighted by Crippen LogP contribution is 2.66. The second-order valence-corrected chi connectivity index (χ2v) is 8.33. The summed E-state index contributed by atoms with van der Waals surface area (Å²) in [6.07, 6.45) is -5.27. The molecule has 0 amide bonds. The first-order valence-corrected chi connectivity index (χ1v) is 9.75. The molecule has 2 atom stereocenters. The fourth-order valence-electron chi connectivity index (χ4n) is 3.35. The monoisotopic (exact) mass is 449 g/mol. The van der Waals surface area contributed by atoms with Gasteiger partial charge in [-0.05, 0) is 42.2 Å². The molecule has 3 rings (SSSR count). The molecular weight excluding hydrogens is 431 g/mol. The highest BCUT2D eigenvalue weighted by atomic mass is 35.5. The smallest absolute Gasteiger partial charge is 0.426 e. The van der Waals surface area contributed by atoms with Crippen molar-refractivity contribution in [2.45, 2.75) is 32.5 Å². The van der Waals surface area contributed by atoms with Crippen LogP contribution < -0.4 is 4.74 Å². The normalized spacial score (nSPS) is 21.0. The molecule has 1 fully saturated rings. The van der Waals surface area contributed by atoms with Crippen LogP contribution in [0.2, 0.25) is 0 Å². The first-order chi connectivity index (χ1) is 14.5. The van der Waals surface area contributed by atoms with E-state index in [-0.39, 0.29) is 6.42 Å². The molecule has 8 heteroatoms. The number of alkyl halides is 3. The average Bonchev–Trinajstić information content (AvgIpc) is 3.27. The molecule has 1 aliphatic rings. The third-order valence-electron chi connectivity index (χ3n) is 5.29. The summed E-state index contributed by atoms with van der Waals surface area (Å²) in [5, 5.41) is 8.16. The summed E-state index contributed by atoms with van der Waals surface area (Å²) < 4.78 is 49.8. The van der Waals surface area contributed by atoms with Gasteiger partial charge in [-0.1, -0.05) is 55.8 Å². The first kappa shape index (κ1) is 22.7. The summed E-state index contributed by atoms with van der Waals surface area (Å²) in [6, 6.07) is 17.2. The second kappa shape index (κ2) is 8.27. The minimum Gasteiger partial charge on any atom is -0.457 e. The van der Waals surface area contributed by atoms with Crippen LogP contribution in [0.15, 0.2) is 65.7 Å². The number of rotatable bonds is 6. The summed E-state index contributed by atoms with van der Waals surface area (Å²) in [5.41, 5.74) is -2.00. The van der Waals surface area contributed by atoms with Gasteiger partial charge in [-0.2, -0.15) is 18.4 Å². The zero-order valence-electron chi connectivity index (χ0n) is 16.7. The maximum atomic E-state index is 12.9. The molecule has 0 heterocycles. The topological polar surface area (TPSA) is 59.3 Å². The Morgan fingerprint density at radius 2 is 1.77 bits per heavy atom. The Bertz CT molecular complexity index is 1040. The molecular formula is C23H19ClF3NO3. The predicted octanol–water partition coefficient (Wildman–Crippen LogP) is 6.69. The van der Waals surface area contributed by atoms with Gasteiger partial charge in [0.25, 0.3) is 0 Å². The highest BCUT2D eigenvalue weighted by Gasteiger charge is 2.67. The van der Waals surface area contributed by atoms with Gasteiger partial charge < -0.3 is 9.47 Å². The number of ether oxygens (including phenoxy) is 2. The molecule has 31 heavy (non-hydrogen) atoms. The number of carbonyl (C=O) groups excluding carboxylic acids is 1. The minimum atomic E-state index is -4.77. The summed E-state index contributed by atoms with van der Waals surface area (Å²) in [4.78, 5) is 12.8. The van der Waals surface area contributed by atoms with E-state index in [4.69, 9.17) is 21.1 Å². The Balaban J connectivity index is 1.82. The van der Waals surface area contributed by atoms with E-state index in [2.05, 4.69) is 0 Å². The maximum absolute atomic E-state index is 12.9. The van der Waals surface area contributed by atoms with E-state index in [0.717, 1.165) is 0 Å². The molecule has 0 radical (unpaired) electrons. The van der Waals surface area contributed by atoms with Crippen molar-refractivity contribution in [3.05, 3.63) is 71.3 Å². The molecule has 0 spiro atoms. The Hall–Kier alpha value is -2.98. The molecule has 2 aromatic carbocycles. The van der Waals surface area contributed by atoms with Crippen molar-refractivity contribution < 1.29 is 27.4 Å². The Morgan fingerprint density at radius 3 is 2.32 bits per heavy atom. The average molecular weight is 450 g/mol. The number of para-hydroxylation sites is 1. The number of allylic oxidation sites excluding steroid dienone is 1. The van der Waals surface area contributed by atoms with E-state index in [0.29, 0.717) is 23.1 Å². The van der Waals surface area contributed by atoms with E-state index in [1.54, 1.807) is 56.3 Å². The number of carbonyl (C=O) groups is 1. The molecule has 0 bridgehead atoms. The van der Waals surface area contributed by atoms with Gasteiger partial charge in [0.05, 0.1) is 5.41 Å². The third kappa shape index (κ3) is 4.86. The molecule has 0 saturated heterocycles. The van der Waals surface area contributed by atoms with Gasteiger partial charge in [0.1, 0.15) is 22.6 Å². The van der Waals surface area contributed by atoms with Gasteiger partial charge in [-0.15, -0.1) is 0 Å². The van der Waals surface area contributed by atoms with Gasteiger partial charge >= 0.3 is 12.1 Å². The van der Waals surface area contributed by atoms with Crippen molar-refractivity contribution in [1.29, 1.82) is 5.26 Å². The van der Waals surface area contributed by atoms with Crippen LogP contribution in [0.3, 0.4) is 0 Å². The maximum Gasteiger partial charge on any atom is 0.426 e. The number of benzene rings is 2. The number of hydrogen-bond acceptors (Lipinski definition) is 4. The zero-order chi connectivity index (χ0) is 22.9. The third-order valence-corrected chi connectivity index (χ3v) is 5.62. The van der Waals surface area contributed by atoms with Crippen LogP contribution in [-0.4, -0.2) is 12.1 Å². The lowest BCUT2D eigenvalue weighted by Gasteiger charge is -2.20. The molecule has 2 unspecified atom stereocenters. The fraction of sp³-hybridized carbons (Fsp3) is 0.304. The number of nitriles is 1. The van der Waals surface area contributed by atoms with Crippen LogP contribution >= 0.6 is 11.6 Å². The first-order valence-electron chi connectivity index (χ1n) is 9.38. The SMILES string of the molecule is CC1(C)CC1(C=C(Cl)C(F)(F)F)C(=O)OC(C#N)c1cccc(Oc2ccccc2)c1. The lowest BCUT2D eigenvalue weighted by atomic mass is 9.95. The molecule has 1 saturated carbocycles. The Labute approximate surface area is 182 Å². The Morgan fingerprint density at radius 1 is 1.16 bits per heavy atom. The summed E-state index contributed by atoms with van der Waals surface area (Å²) in [6.45, 7) is 3.28. The van der Waals surface area contributed by atoms with Crippen LogP contribution in [-0.2, 0) is 9.53 Å². The molecule has 162 valence electrons. The van der Waals surface area contributed by atoms with Crippen molar-refractivity contribution >= 4 is 17.6 Å². The van der Waals surface area contributed by atoms with E-state index in [9.17, 15) is 23.2 Å². The van der Waals surface area contributed by atoms with Crippen molar-refractivity contribution in [3.63, 3.8) is 0 Å². The van der Waals surface area contributed by atoms with Gasteiger partial charge in [0.15, 0.2) is 0 Å². The van der Waals surface area contributed by atoms with Crippen LogP contribution in [0.4, 0.5) is 13.2 Å². The van der Waals surface area contributed by atoms with Gasteiger partial charge in [0, 0.05) is 5.56 Å². The molecule has 0 N–H and O–H groups in total. The van der Waals surface area contributed by atoms with E-state index in [1.165, 1.54) is 6.07 Å². The minimum absolute atomic E-state index is 0.125. The molecule has 0 aliphatic heterocycles. The summed E-state index contributed by atoms with van der Waals surface area (Å²) in [7, 11) is 0. The fourth-order valence-corrected chi connectivity index (χ4v) is 3.54. The lowest BCUT2D eigenvalue weighted by Crippen LogP contribution is -2.25. The lowest BCUT2D eigenvalue weighted by molar-refractivity contribution is -0.153. The standard InChI is InChI=1S/C23H19ClF3NO3/c1-21(2)14-22(21,12-19(24)23(25,26)27)20(29)31-18(13-28)15-7-6-10-17(11-15)30-16-8-4-3-5-9-16/h3-12,18H,14H2,1-2H3. The summed E-state index contributed by atoms with van der Waals surface area (Å²) in [5.74, 6) is 0.0677. The van der Waals surface area contributed by atoms with Crippen LogP contribution in [0.1, 0.15) is 31.9 Å². The van der Waals surface area contributed by atoms with E-state index >= 15 is 0 Å². The molecule has 4 nitrogen and oxygen atoms in total. The number of esters is 1. The molecule has 2 aromatic rings. The van der Waals surface area contributed by atoms with Crippen molar-refractivity contribution in [2.75, 3.05) is 0 Å². The summed E-state index contributed by atoms with van der Waals surface area (Å²) >= 11 is 5.38. The van der Waals surface area contributed by atoms with Crippen molar-refractivity contribution in [3.8, 4) is 17.6 Å². The number of nitrogens with zero attached hydrogens (tertiary/aromatic N) is 1. The zero-order valence-corrected chi connectivity index (χ0v) is 17.5. The van der Waals surface area contributed by atoms with Crippen molar-refractivity contribution in [2.24, 2.45) is 10.8 Å². The molecule has 0 aromatic heterocycles. The second-order valence-electron chi connectivity index (χ2n) is 7.92. The largest absolute Gasteiger partial charge is 0.457 e. The van der Waals surface area contributed by atoms with Gasteiger partial charge in [0.2, 0.25) is 6.10 Å². The van der Waals surface area contributed by atoms with E-state index < -0.39 is 34.1 Å². The number of hydrogen-bond donors (Lipinski definition) is 0. The van der Waals surface area contributed by atoms with Crippen molar-refractivity contribution in [1.82, 2.24) is 0 Å². The quantitative estimate of drug-likeness (QED) is 0.461. The van der Waals surface area contributed by atoms with Gasteiger partial charge in [-0.25, -0.2) is 0 Å². The Kier molecular flexibility index (Phi) is 6.06. The highest BCUT2D eigenvalue weighted by molar-refractivity contribution is 6.30. The van der Waals surface area contributed by atoms with Crippen LogP contribution in [0, 0.1) is 22.2 Å². The van der Waals surface area contributed by atoms with E-state index in [1.807, 2.05) is 12.1 Å². The van der Waals surface area contributed by atoms with Gasteiger partial charge in [-0.3, -0.25) is 4.79 Å². The number of halogens is 4.